The molecule has 1 aromatic heterocycles. The Morgan fingerprint density at radius 3 is 2.82 bits per heavy atom. The van der Waals surface area contributed by atoms with Crippen LogP contribution in [0, 0.1) is 10.5 Å². The third kappa shape index (κ3) is 2.07. The molecule has 17 heavy (non-hydrogen) atoms. The average Bonchev–Trinajstić information content (AvgIpc) is 2.72. The standard InChI is InChI=1S/C14H11IN2/c1-9-5-6-12-13(7-9)17-14(16-12)10-3-2-4-11(15)8-10/h2-8H,1H3,(H,16,17). The highest BCUT2D eigenvalue weighted by Gasteiger charge is 2.05. The van der Waals surface area contributed by atoms with Crippen LogP contribution in [0.5, 0.6) is 0 Å². The molecule has 0 radical (unpaired) electrons. The highest BCUT2D eigenvalue weighted by atomic mass is 127. The van der Waals surface area contributed by atoms with E-state index in [0.717, 1.165) is 22.4 Å². The molecule has 2 nitrogen and oxygen atoms in total. The maximum Gasteiger partial charge on any atom is 0.138 e. The number of halogens is 1. The maximum absolute atomic E-state index is 4.61. The number of hydrogen-bond donors (Lipinski definition) is 1. The number of aryl methyl sites for hydroxylation is 1. The van der Waals surface area contributed by atoms with E-state index in [1.165, 1.54) is 9.13 Å². The van der Waals surface area contributed by atoms with Crippen molar-refractivity contribution in [2.75, 3.05) is 0 Å². The van der Waals surface area contributed by atoms with Gasteiger partial charge in [0.1, 0.15) is 5.82 Å². The number of nitrogens with zero attached hydrogens (tertiary/aromatic N) is 1. The van der Waals surface area contributed by atoms with Crippen LogP contribution >= 0.6 is 22.6 Å². The lowest BCUT2D eigenvalue weighted by molar-refractivity contribution is 1.33. The molecular formula is C14H11IN2. The molecule has 0 aliphatic carbocycles. The number of aromatic amines is 1. The van der Waals surface area contributed by atoms with Crippen LogP contribution in [0.25, 0.3) is 22.4 Å². The third-order valence-corrected chi connectivity index (χ3v) is 3.41. The van der Waals surface area contributed by atoms with Gasteiger partial charge in [0.2, 0.25) is 0 Å². The molecular weight excluding hydrogens is 323 g/mol. The average molecular weight is 334 g/mol. The Hall–Kier alpha value is -1.36. The second kappa shape index (κ2) is 4.14. The van der Waals surface area contributed by atoms with Gasteiger partial charge in [-0.05, 0) is 59.3 Å². The molecule has 0 fully saturated rings. The first kappa shape index (κ1) is 10.8. The van der Waals surface area contributed by atoms with E-state index >= 15 is 0 Å². The van der Waals surface area contributed by atoms with Gasteiger partial charge in [-0.15, -0.1) is 0 Å². The summed E-state index contributed by atoms with van der Waals surface area (Å²) in [4.78, 5) is 7.97. The molecule has 2 aromatic carbocycles. The first-order valence-electron chi connectivity index (χ1n) is 5.45. The van der Waals surface area contributed by atoms with Crippen molar-refractivity contribution in [1.29, 1.82) is 0 Å². The maximum atomic E-state index is 4.61. The van der Waals surface area contributed by atoms with E-state index in [1.54, 1.807) is 0 Å². The number of fused-ring (bicyclic) bond motifs is 1. The second-order valence-corrected chi connectivity index (χ2v) is 5.36. The molecule has 1 N–H and O–H groups in total. The zero-order valence-corrected chi connectivity index (χ0v) is 11.5. The fourth-order valence-electron chi connectivity index (χ4n) is 1.90. The smallest absolute Gasteiger partial charge is 0.138 e. The summed E-state index contributed by atoms with van der Waals surface area (Å²) in [7, 11) is 0. The normalized spacial score (nSPS) is 10.9. The van der Waals surface area contributed by atoms with Gasteiger partial charge >= 0.3 is 0 Å². The topological polar surface area (TPSA) is 28.7 Å². The van der Waals surface area contributed by atoms with Gasteiger partial charge in [-0.1, -0.05) is 18.2 Å². The van der Waals surface area contributed by atoms with Crippen LogP contribution in [0.4, 0.5) is 0 Å². The Bertz CT molecular complexity index is 686. The van der Waals surface area contributed by atoms with Gasteiger partial charge in [-0.25, -0.2) is 4.98 Å². The highest BCUT2D eigenvalue weighted by molar-refractivity contribution is 14.1. The molecule has 0 aliphatic rings. The van der Waals surface area contributed by atoms with E-state index in [4.69, 9.17) is 0 Å². The first-order chi connectivity index (χ1) is 8.22. The number of aromatic nitrogens is 2. The Kier molecular flexibility index (Phi) is 2.63. The van der Waals surface area contributed by atoms with Crippen LogP contribution < -0.4 is 0 Å². The van der Waals surface area contributed by atoms with Crippen molar-refractivity contribution in [3.8, 4) is 11.4 Å². The Morgan fingerprint density at radius 1 is 1.12 bits per heavy atom. The van der Waals surface area contributed by atoms with Crippen molar-refractivity contribution in [2.24, 2.45) is 0 Å². The molecule has 0 aliphatic heterocycles. The Morgan fingerprint density at radius 2 is 2.00 bits per heavy atom. The van der Waals surface area contributed by atoms with Gasteiger partial charge < -0.3 is 4.98 Å². The zero-order valence-electron chi connectivity index (χ0n) is 9.37. The van der Waals surface area contributed by atoms with E-state index in [0.29, 0.717) is 0 Å². The largest absolute Gasteiger partial charge is 0.338 e. The summed E-state index contributed by atoms with van der Waals surface area (Å²) in [6, 6.07) is 14.6. The minimum absolute atomic E-state index is 0.934. The molecule has 3 aromatic rings. The van der Waals surface area contributed by atoms with Crippen LogP contribution in [0.15, 0.2) is 42.5 Å². The third-order valence-electron chi connectivity index (χ3n) is 2.74. The Balaban J connectivity index is 2.18. The predicted octanol–water partition coefficient (Wildman–Crippen LogP) is 4.14. The van der Waals surface area contributed by atoms with Gasteiger partial charge in [-0.2, -0.15) is 0 Å². The molecule has 0 amide bonds. The number of nitrogens with one attached hydrogen (secondary N) is 1. The fourth-order valence-corrected chi connectivity index (χ4v) is 2.44. The van der Waals surface area contributed by atoms with Crippen molar-refractivity contribution in [3.05, 3.63) is 51.6 Å². The lowest BCUT2D eigenvalue weighted by Gasteiger charge is -1.96. The van der Waals surface area contributed by atoms with Gasteiger partial charge in [0.15, 0.2) is 0 Å². The first-order valence-corrected chi connectivity index (χ1v) is 6.52. The fraction of sp³-hybridized carbons (Fsp3) is 0.0714. The van der Waals surface area contributed by atoms with Gasteiger partial charge in [-0.3, -0.25) is 0 Å². The number of benzene rings is 2. The monoisotopic (exact) mass is 334 g/mol. The molecule has 0 saturated carbocycles. The SMILES string of the molecule is Cc1ccc2nc(-c3cccc(I)c3)[nH]c2c1. The molecule has 0 unspecified atom stereocenters. The molecule has 3 rings (SSSR count). The molecule has 0 bridgehead atoms. The quantitative estimate of drug-likeness (QED) is 0.666. The van der Waals surface area contributed by atoms with Gasteiger partial charge in [0, 0.05) is 9.13 Å². The zero-order chi connectivity index (χ0) is 11.8. The minimum atomic E-state index is 0.934. The van der Waals surface area contributed by atoms with Crippen LogP contribution in [0.3, 0.4) is 0 Å². The number of hydrogen-bond acceptors (Lipinski definition) is 1. The summed E-state index contributed by atoms with van der Waals surface area (Å²) in [6.07, 6.45) is 0. The Labute approximate surface area is 113 Å². The van der Waals surface area contributed by atoms with E-state index in [1.807, 2.05) is 0 Å². The van der Waals surface area contributed by atoms with Crippen LogP contribution in [0.1, 0.15) is 5.56 Å². The summed E-state index contributed by atoms with van der Waals surface area (Å²) in [5.74, 6) is 0.934. The van der Waals surface area contributed by atoms with Gasteiger partial charge in [0.05, 0.1) is 11.0 Å². The summed E-state index contributed by atoms with van der Waals surface area (Å²) >= 11 is 2.31. The second-order valence-electron chi connectivity index (χ2n) is 4.12. The molecule has 0 saturated heterocycles. The van der Waals surface area contributed by atoms with E-state index in [2.05, 4.69) is 81.9 Å². The minimum Gasteiger partial charge on any atom is -0.338 e. The van der Waals surface area contributed by atoms with Crippen LogP contribution in [-0.2, 0) is 0 Å². The molecule has 0 atom stereocenters. The lowest BCUT2D eigenvalue weighted by atomic mass is 10.2. The molecule has 84 valence electrons. The summed E-state index contributed by atoms with van der Waals surface area (Å²) < 4.78 is 1.22. The van der Waals surface area contributed by atoms with Crippen molar-refractivity contribution < 1.29 is 0 Å². The van der Waals surface area contributed by atoms with E-state index in [-0.39, 0.29) is 0 Å². The van der Waals surface area contributed by atoms with E-state index < -0.39 is 0 Å². The summed E-state index contributed by atoms with van der Waals surface area (Å²) in [5, 5.41) is 0. The molecule has 3 heteroatoms. The van der Waals surface area contributed by atoms with Crippen LogP contribution in [-0.4, -0.2) is 9.97 Å². The van der Waals surface area contributed by atoms with Crippen molar-refractivity contribution in [3.63, 3.8) is 0 Å². The van der Waals surface area contributed by atoms with E-state index in [9.17, 15) is 0 Å². The predicted molar refractivity (Wildman–Crippen MR) is 79.0 cm³/mol. The highest BCUT2D eigenvalue weighted by Crippen LogP contribution is 2.22. The summed E-state index contributed by atoms with van der Waals surface area (Å²) in [5.41, 5.74) is 4.49. The summed E-state index contributed by atoms with van der Waals surface area (Å²) in [6.45, 7) is 2.09. The molecule has 0 spiro atoms. The van der Waals surface area contributed by atoms with Gasteiger partial charge in [0.25, 0.3) is 0 Å². The number of H-pyrrole nitrogens is 1. The molecule has 1 heterocycles. The van der Waals surface area contributed by atoms with Crippen molar-refractivity contribution in [1.82, 2.24) is 9.97 Å². The number of rotatable bonds is 1. The van der Waals surface area contributed by atoms with Crippen molar-refractivity contribution in [2.45, 2.75) is 6.92 Å². The van der Waals surface area contributed by atoms with Crippen molar-refractivity contribution >= 4 is 33.6 Å². The lowest BCUT2D eigenvalue weighted by Crippen LogP contribution is -1.80. The number of imidazole rings is 1. The van der Waals surface area contributed by atoms with Crippen LogP contribution in [0.2, 0.25) is 0 Å².